The highest BCUT2D eigenvalue weighted by Gasteiger charge is 2.32. The van der Waals surface area contributed by atoms with Gasteiger partial charge in [-0.25, -0.2) is 9.37 Å². The molecule has 6 nitrogen and oxygen atoms in total. The maximum Gasteiger partial charge on any atom is 0.244 e. The zero-order valence-corrected chi connectivity index (χ0v) is 12.4. The number of carbonyl (C=O) groups is 1. The first-order valence-electron chi connectivity index (χ1n) is 7.63. The zero-order valence-electron chi connectivity index (χ0n) is 12.4. The lowest BCUT2D eigenvalue weighted by molar-refractivity contribution is -0.133. The summed E-state index contributed by atoms with van der Waals surface area (Å²) in [7, 11) is 0. The first-order valence-corrected chi connectivity index (χ1v) is 7.63. The normalized spacial score (nSPS) is 18.0. The lowest BCUT2D eigenvalue weighted by Crippen LogP contribution is -2.34. The summed E-state index contributed by atoms with van der Waals surface area (Å²) in [4.78, 5) is 22.0. The third-order valence-electron chi connectivity index (χ3n) is 4.21. The van der Waals surface area contributed by atoms with E-state index in [1.807, 2.05) is 4.90 Å². The summed E-state index contributed by atoms with van der Waals surface area (Å²) in [5.74, 6) is 0.436. The summed E-state index contributed by atoms with van der Waals surface area (Å²) in [5.41, 5.74) is 1.37. The zero-order chi connectivity index (χ0) is 15.8. The molecule has 1 unspecified atom stereocenters. The van der Waals surface area contributed by atoms with Gasteiger partial charge in [-0.15, -0.1) is 0 Å². The molecule has 1 saturated heterocycles. The van der Waals surface area contributed by atoms with Gasteiger partial charge in [-0.2, -0.15) is 5.10 Å². The van der Waals surface area contributed by atoms with Gasteiger partial charge < -0.3 is 9.88 Å². The molecule has 1 aromatic carbocycles. The van der Waals surface area contributed by atoms with Crippen LogP contribution in [-0.2, 0) is 11.3 Å². The molecule has 1 aliphatic rings. The molecule has 4 rings (SSSR count). The molecule has 0 saturated carbocycles. The molecule has 118 valence electrons. The van der Waals surface area contributed by atoms with E-state index in [-0.39, 0.29) is 24.3 Å². The monoisotopic (exact) mass is 313 g/mol. The number of likely N-dealkylation sites (tertiary alicyclic amines) is 1. The predicted molar refractivity (Wildman–Crippen MR) is 82.0 cm³/mol. The number of aromatic amines is 1. The minimum absolute atomic E-state index is 0.0165. The molecule has 0 spiro atoms. The Morgan fingerprint density at radius 3 is 3.17 bits per heavy atom. The number of nitrogens with zero attached hydrogens (tertiary/aromatic N) is 4. The van der Waals surface area contributed by atoms with Gasteiger partial charge >= 0.3 is 0 Å². The van der Waals surface area contributed by atoms with Crippen LogP contribution in [0, 0.1) is 5.82 Å². The Morgan fingerprint density at radius 2 is 2.35 bits per heavy atom. The number of carbonyl (C=O) groups excluding carboxylic acids is 1. The Kier molecular flexibility index (Phi) is 3.33. The van der Waals surface area contributed by atoms with E-state index in [2.05, 4.69) is 15.1 Å². The molecular weight excluding hydrogens is 297 g/mol. The summed E-state index contributed by atoms with van der Waals surface area (Å²) in [6.07, 6.45) is 5.21. The minimum atomic E-state index is -0.300. The van der Waals surface area contributed by atoms with Crippen LogP contribution in [0.1, 0.15) is 24.7 Å². The van der Waals surface area contributed by atoms with E-state index in [9.17, 15) is 9.18 Å². The van der Waals surface area contributed by atoms with Crippen LogP contribution in [0.25, 0.3) is 11.0 Å². The van der Waals surface area contributed by atoms with Gasteiger partial charge in [0.05, 0.1) is 17.1 Å². The Morgan fingerprint density at radius 1 is 1.43 bits per heavy atom. The van der Waals surface area contributed by atoms with Crippen molar-refractivity contribution < 1.29 is 9.18 Å². The van der Waals surface area contributed by atoms with Crippen molar-refractivity contribution >= 4 is 16.9 Å². The summed E-state index contributed by atoms with van der Waals surface area (Å²) in [6.45, 7) is 0.925. The molecule has 7 heteroatoms. The Labute approximate surface area is 131 Å². The van der Waals surface area contributed by atoms with E-state index in [4.69, 9.17) is 0 Å². The third kappa shape index (κ3) is 2.58. The maximum atomic E-state index is 13.3. The van der Waals surface area contributed by atoms with Crippen molar-refractivity contribution in [3.05, 3.63) is 48.3 Å². The molecule has 1 N–H and O–H groups in total. The van der Waals surface area contributed by atoms with Crippen LogP contribution in [0.4, 0.5) is 4.39 Å². The van der Waals surface area contributed by atoms with E-state index in [1.54, 1.807) is 29.2 Å². The molecule has 0 aliphatic carbocycles. The van der Waals surface area contributed by atoms with Crippen LogP contribution in [0.15, 0.2) is 36.7 Å². The minimum Gasteiger partial charge on any atom is -0.340 e. The number of hydrogen-bond acceptors (Lipinski definition) is 3. The SMILES string of the molecule is O=C(Cn1cccn1)N1CCCC1c1nc2ccc(F)cc2[nH]1. The van der Waals surface area contributed by atoms with Gasteiger partial charge in [-0.3, -0.25) is 9.48 Å². The van der Waals surface area contributed by atoms with Crippen molar-refractivity contribution in [2.45, 2.75) is 25.4 Å². The molecule has 1 fully saturated rings. The highest BCUT2D eigenvalue weighted by molar-refractivity contribution is 5.78. The third-order valence-corrected chi connectivity index (χ3v) is 4.21. The van der Waals surface area contributed by atoms with Gasteiger partial charge in [0.1, 0.15) is 18.2 Å². The maximum absolute atomic E-state index is 13.3. The van der Waals surface area contributed by atoms with E-state index in [0.29, 0.717) is 17.6 Å². The van der Waals surface area contributed by atoms with E-state index >= 15 is 0 Å². The first kappa shape index (κ1) is 13.9. The van der Waals surface area contributed by atoms with Gasteiger partial charge in [0.15, 0.2) is 0 Å². The quantitative estimate of drug-likeness (QED) is 0.806. The number of rotatable bonds is 3. The van der Waals surface area contributed by atoms with Crippen LogP contribution < -0.4 is 0 Å². The Hall–Kier alpha value is -2.70. The highest BCUT2D eigenvalue weighted by Crippen LogP contribution is 2.31. The fourth-order valence-electron chi connectivity index (χ4n) is 3.13. The second-order valence-electron chi connectivity index (χ2n) is 5.73. The van der Waals surface area contributed by atoms with Crippen LogP contribution in [0.3, 0.4) is 0 Å². The largest absolute Gasteiger partial charge is 0.340 e. The number of H-pyrrole nitrogens is 1. The van der Waals surface area contributed by atoms with Gasteiger partial charge in [-0.1, -0.05) is 0 Å². The summed E-state index contributed by atoms with van der Waals surface area (Å²) in [6, 6.07) is 6.17. The Bertz CT molecular complexity index is 841. The smallest absolute Gasteiger partial charge is 0.244 e. The molecule has 2 aromatic heterocycles. The number of imidazole rings is 1. The van der Waals surface area contributed by atoms with Crippen molar-refractivity contribution in [2.24, 2.45) is 0 Å². The van der Waals surface area contributed by atoms with Gasteiger partial charge in [0.2, 0.25) is 5.91 Å². The molecule has 1 atom stereocenters. The van der Waals surface area contributed by atoms with Gasteiger partial charge in [0.25, 0.3) is 0 Å². The molecule has 23 heavy (non-hydrogen) atoms. The van der Waals surface area contributed by atoms with Gasteiger partial charge in [-0.05, 0) is 37.1 Å². The summed E-state index contributed by atoms with van der Waals surface area (Å²) < 4.78 is 14.9. The fourth-order valence-corrected chi connectivity index (χ4v) is 3.13. The topological polar surface area (TPSA) is 66.8 Å². The van der Waals surface area contributed by atoms with Crippen LogP contribution >= 0.6 is 0 Å². The van der Waals surface area contributed by atoms with Crippen LogP contribution in [0.2, 0.25) is 0 Å². The lowest BCUT2D eigenvalue weighted by atomic mass is 10.2. The number of nitrogens with one attached hydrogen (secondary N) is 1. The van der Waals surface area contributed by atoms with Crippen molar-refractivity contribution in [2.75, 3.05) is 6.54 Å². The molecule has 0 radical (unpaired) electrons. The molecule has 3 heterocycles. The molecule has 3 aromatic rings. The van der Waals surface area contributed by atoms with Crippen molar-refractivity contribution in [1.29, 1.82) is 0 Å². The number of hydrogen-bond donors (Lipinski definition) is 1. The second-order valence-corrected chi connectivity index (χ2v) is 5.73. The highest BCUT2D eigenvalue weighted by atomic mass is 19.1. The first-order chi connectivity index (χ1) is 11.2. The number of benzene rings is 1. The van der Waals surface area contributed by atoms with E-state index in [1.165, 1.54) is 12.1 Å². The number of aromatic nitrogens is 4. The number of fused-ring (bicyclic) bond motifs is 1. The van der Waals surface area contributed by atoms with Crippen molar-refractivity contribution in [1.82, 2.24) is 24.6 Å². The number of amides is 1. The van der Waals surface area contributed by atoms with Crippen molar-refractivity contribution in [3.63, 3.8) is 0 Å². The fraction of sp³-hybridized carbons (Fsp3) is 0.312. The second kappa shape index (κ2) is 5.49. The summed E-state index contributed by atoms with van der Waals surface area (Å²) in [5, 5.41) is 4.07. The lowest BCUT2D eigenvalue weighted by Gasteiger charge is -2.23. The van der Waals surface area contributed by atoms with E-state index in [0.717, 1.165) is 18.7 Å². The molecule has 1 aliphatic heterocycles. The van der Waals surface area contributed by atoms with Crippen molar-refractivity contribution in [3.8, 4) is 0 Å². The van der Waals surface area contributed by atoms with E-state index < -0.39 is 0 Å². The Balaban J connectivity index is 1.59. The standard InChI is InChI=1S/C16H16FN5O/c17-11-4-5-12-13(9-11)20-16(19-12)14-3-1-8-22(14)15(23)10-21-7-2-6-18-21/h2,4-7,9,14H,1,3,8,10H2,(H,19,20). The molecule has 0 bridgehead atoms. The van der Waals surface area contributed by atoms with Crippen LogP contribution in [-0.4, -0.2) is 37.1 Å². The molecular formula is C16H16FN5O. The molecule has 1 amide bonds. The summed E-state index contributed by atoms with van der Waals surface area (Å²) >= 11 is 0. The van der Waals surface area contributed by atoms with Gasteiger partial charge in [0, 0.05) is 18.9 Å². The average Bonchev–Trinajstić information content (AvgIpc) is 3.26. The number of halogens is 1. The average molecular weight is 313 g/mol. The van der Waals surface area contributed by atoms with Crippen LogP contribution in [0.5, 0.6) is 0 Å². The predicted octanol–water partition coefficient (Wildman–Crippen LogP) is 2.26.